The first-order valence-corrected chi connectivity index (χ1v) is 7.58. The Kier molecular flexibility index (Phi) is 5.02. The maximum absolute atomic E-state index is 12.1. The van der Waals surface area contributed by atoms with E-state index in [1.807, 2.05) is 20.8 Å². The predicted octanol–water partition coefficient (Wildman–Crippen LogP) is 3.90. The number of halogens is 2. The van der Waals surface area contributed by atoms with Crippen molar-refractivity contribution in [1.82, 2.24) is 0 Å². The van der Waals surface area contributed by atoms with Crippen LogP contribution < -0.4 is 4.73 Å². The summed E-state index contributed by atoms with van der Waals surface area (Å²) in [5.41, 5.74) is 0.0519. The lowest BCUT2D eigenvalue weighted by atomic mass is 10.1. The summed E-state index contributed by atoms with van der Waals surface area (Å²) in [5.74, 6) is -0.153. The lowest BCUT2D eigenvalue weighted by molar-refractivity contribution is -0.606. The van der Waals surface area contributed by atoms with Crippen LogP contribution in [0.4, 0.5) is 0 Å². The van der Waals surface area contributed by atoms with E-state index in [2.05, 4.69) is 5.16 Å². The minimum atomic E-state index is -0.570. The molecule has 1 N–H and O–H groups in total. The molecule has 2 rings (SSSR count). The van der Waals surface area contributed by atoms with Gasteiger partial charge in [0.1, 0.15) is 11.4 Å². The number of phenols is 1. The monoisotopic (exact) mass is 354 g/mol. The van der Waals surface area contributed by atoms with Crippen LogP contribution in [-0.4, -0.2) is 16.4 Å². The maximum atomic E-state index is 12.1. The average molecular weight is 355 g/mol. The van der Waals surface area contributed by atoms with Gasteiger partial charge in [0.25, 0.3) is 0 Å². The molecule has 0 aliphatic carbocycles. The van der Waals surface area contributed by atoms with Crippen LogP contribution >= 0.6 is 23.2 Å². The summed E-state index contributed by atoms with van der Waals surface area (Å²) in [6.45, 7) is 5.46. The summed E-state index contributed by atoms with van der Waals surface area (Å²) < 4.78 is 0.632. The molecular weight excluding hydrogens is 339 g/mol. The highest BCUT2D eigenvalue weighted by Crippen LogP contribution is 2.31. The average Bonchev–Trinajstić information content (AvgIpc) is 2.45. The molecule has 1 aromatic carbocycles. The molecule has 0 aliphatic heterocycles. The van der Waals surface area contributed by atoms with Gasteiger partial charge in [-0.05, 0) is 32.9 Å². The highest BCUT2D eigenvalue weighted by atomic mass is 35.5. The minimum absolute atomic E-state index is 0.153. The number of aromatic hydroxyl groups is 1. The molecule has 23 heavy (non-hydrogen) atoms. The molecule has 0 atom stereocenters. The van der Waals surface area contributed by atoms with Crippen LogP contribution in [0.3, 0.4) is 0 Å². The largest absolute Gasteiger partial charge is 0.618 e. The molecule has 0 radical (unpaired) electrons. The Hall–Kier alpha value is -1.98. The molecule has 122 valence electrons. The third kappa shape index (κ3) is 4.27. The van der Waals surface area contributed by atoms with Crippen LogP contribution in [0.2, 0.25) is 10.0 Å². The van der Waals surface area contributed by atoms with Gasteiger partial charge < -0.3 is 15.2 Å². The molecule has 2 aromatic rings. The Balaban J connectivity index is 2.64. The number of hydrogen-bond acceptors (Lipinski definition) is 4. The van der Waals surface area contributed by atoms with Crippen LogP contribution in [-0.2, 0) is 4.84 Å². The van der Waals surface area contributed by atoms with E-state index in [-0.39, 0.29) is 32.8 Å². The van der Waals surface area contributed by atoms with Crippen LogP contribution in [0, 0.1) is 5.21 Å². The van der Waals surface area contributed by atoms with Crippen molar-refractivity contribution in [2.24, 2.45) is 5.16 Å². The van der Waals surface area contributed by atoms with E-state index in [1.165, 1.54) is 18.3 Å². The molecule has 1 heterocycles. The third-order valence-corrected chi connectivity index (χ3v) is 3.49. The second kappa shape index (κ2) is 6.64. The van der Waals surface area contributed by atoms with Gasteiger partial charge in [-0.25, -0.2) is 0 Å². The zero-order valence-corrected chi connectivity index (χ0v) is 14.4. The summed E-state index contributed by atoms with van der Waals surface area (Å²) in [4.78, 5) is 5.43. The standard InChI is InChI=1S/C16H16Cl2N2O3/c1-16(2,3)23-19-15(13-6-4-5-7-20(13)22)10-8-11(17)12(18)9-14(10)21/h4-9,21H,1-3H3. The van der Waals surface area contributed by atoms with Crippen LogP contribution in [0.15, 0.2) is 41.7 Å². The van der Waals surface area contributed by atoms with Crippen molar-refractivity contribution in [2.45, 2.75) is 26.4 Å². The van der Waals surface area contributed by atoms with Gasteiger partial charge in [-0.15, -0.1) is 0 Å². The molecule has 0 saturated carbocycles. The Bertz CT molecular complexity index is 755. The van der Waals surface area contributed by atoms with Crippen molar-refractivity contribution in [3.63, 3.8) is 0 Å². The van der Waals surface area contributed by atoms with Gasteiger partial charge in [0.2, 0.25) is 5.69 Å². The van der Waals surface area contributed by atoms with Crippen molar-refractivity contribution in [3.8, 4) is 5.75 Å². The molecule has 0 amide bonds. The Labute approximate surface area is 144 Å². The van der Waals surface area contributed by atoms with Crippen molar-refractivity contribution >= 4 is 28.9 Å². The topological polar surface area (TPSA) is 68.8 Å². The first kappa shape index (κ1) is 17.4. The summed E-state index contributed by atoms with van der Waals surface area (Å²) in [6, 6.07) is 7.58. The van der Waals surface area contributed by atoms with E-state index in [4.69, 9.17) is 28.0 Å². The fourth-order valence-electron chi connectivity index (χ4n) is 1.75. The number of phenolic OH excluding ortho intramolecular Hbond substituents is 1. The van der Waals surface area contributed by atoms with Gasteiger partial charge in [-0.1, -0.05) is 28.4 Å². The number of aromatic nitrogens is 1. The fraction of sp³-hybridized carbons (Fsp3) is 0.250. The molecule has 0 bridgehead atoms. The molecule has 0 aliphatic rings. The Morgan fingerprint density at radius 1 is 1.22 bits per heavy atom. The highest BCUT2D eigenvalue weighted by Gasteiger charge is 2.23. The molecule has 0 fully saturated rings. The molecular formula is C16H16Cl2N2O3. The second-order valence-electron chi connectivity index (χ2n) is 5.84. The minimum Gasteiger partial charge on any atom is -0.618 e. The zero-order valence-electron chi connectivity index (χ0n) is 12.9. The number of nitrogens with zero attached hydrogens (tertiary/aromatic N) is 2. The number of oxime groups is 1. The normalized spacial score (nSPS) is 12.3. The first-order valence-electron chi connectivity index (χ1n) is 6.82. The summed E-state index contributed by atoms with van der Waals surface area (Å²) >= 11 is 11.9. The van der Waals surface area contributed by atoms with Crippen LogP contribution in [0.25, 0.3) is 0 Å². The van der Waals surface area contributed by atoms with E-state index < -0.39 is 5.60 Å². The summed E-state index contributed by atoms with van der Waals surface area (Å²) in [5, 5.41) is 26.7. The fourth-order valence-corrected chi connectivity index (χ4v) is 2.08. The van der Waals surface area contributed by atoms with Crippen molar-refractivity contribution in [2.75, 3.05) is 0 Å². The first-order chi connectivity index (χ1) is 10.7. The van der Waals surface area contributed by atoms with E-state index in [9.17, 15) is 10.3 Å². The number of benzene rings is 1. The van der Waals surface area contributed by atoms with Gasteiger partial charge in [0.15, 0.2) is 11.9 Å². The molecule has 0 unspecified atom stereocenters. The third-order valence-electron chi connectivity index (χ3n) is 2.77. The lowest BCUT2D eigenvalue weighted by Gasteiger charge is -2.17. The van der Waals surface area contributed by atoms with Crippen LogP contribution in [0.1, 0.15) is 32.0 Å². The van der Waals surface area contributed by atoms with E-state index in [0.29, 0.717) is 4.73 Å². The van der Waals surface area contributed by atoms with Gasteiger partial charge in [0, 0.05) is 18.2 Å². The molecule has 0 spiro atoms. The van der Waals surface area contributed by atoms with Gasteiger partial charge in [0.05, 0.1) is 15.6 Å². The molecule has 7 heteroatoms. The summed E-state index contributed by atoms with van der Waals surface area (Å²) in [7, 11) is 0. The SMILES string of the molecule is CC(C)(C)ON=C(c1cc(Cl)c(Cl)cc1O)c1cccc[n+]1[O-]. The van der Waals surface area contributed by atoms with Crippen molar-refractivity contribution in [3.05, 3.63) is 63.0 Å². The van der Waals surface area contributed by atoms with E-state index in [1.54, 1.807) is 18.2 Å². The Morgan fingerprint density at radius 2 is 1.87 bits per heavy atom. The maximum Gasteiger partial charge on any atom is 0.246 e. The van der Waals surface area contributed by atoms with E-state index >= 15 is 0 Å². The van der Waals surface area contributed by atoms with Crippen LogP contribution in [0.5, 0.6) is 5.75 Å². The predicted molar refractivity (Wildman–Crippen MR) is 90.0 cm³/mol. The molecule has 5 nitrogen and oxygen atoms in total. The smallest absolute Gasteiger partial charge is 0.246 e. The van der Waals surface area contributed by atoms with Gasteiger partial charge >= 0.3 is 0 Å². The highest BCUT2D eigenvalue weighted by molar-refractivity contribution is 6.42. The van der Waals surface area contributed by atoms with Gasteiger partial charge in [-0.2, -0.15) is 4.73 Å². The number of hydrogen-bond donors (Lipinski definition) is 1. The molecule has 0 saturated heterocycles. The van der Waals surface area contributed by atoms with Crippen molar-refractivity contribution < 1.29 is 14.7 Å². The quantitative estimate of drug-likeness (QED) is 0.393. The lowest BCUT2D eigenvalue weighted by Crippen LogP contribution is -2.34. The van der Waals surface area contributed by atoms with Crippen molar-refractivity contribution in [1.29, 1.82) is 0 Å². The summed E-state index contributed by atoms with van der Waals surface area (Å²) in [6.07, 6.45) is 1.33. The Morgan fingerprint density at radius 3 is 2.48 bits per heavy atom. The zero-order chi connectivity index (χ0) is 17.2. The second-order valence-corrected chi connectivity index (χ2v) is 6.65. The van der Waals surface area contributed by atoms with E-state index in [0.717, 1.165) is 0 Å². The number of rotatable bonds is 3. The molecule has 1 aromatic heterocycles. The number of pyridine rings is 1. The van der Waals surface area contributed by atoms with Gasteiger partial charge in [-0.3, -0.25) is 0 Å².